The largest absolute Gasteiger partial charge is 0.493 e. The summed E-state index contributed by atoms with van der Waals surface area (Å²) in [5.41, 5.74) is -3.08. The van der Waals surface area contributed by atoms with E-state index in [2.05, 4.69) is 20.2 Å². The third-order valence-electron chi connectivity index (χ3n) is 6.56. The number of nitrogens with one attached hydrogen (secondary N) is 1. The number of halogens is 6. The zero-order valence-corrected chi connectivity index (χ0v) is 22.4. The van der Waals surface area contributed by atoms with Crippen LogP contribution in [0.2, 0.25) is 0 Å². The van der Waals surface area contributed by atoms with Crippen molar-refractivity contribution >= 4 is 23.5 Å². The summed E-state index contributed by atoms with van der Waals surface area (Å²) in [6, 6.07) is 9.03. The van der Waals surface area contributed by atoms with E-state index in [-0.39, 0.29) is 17.8 Å². The van der Waals surface area contributed by atoms with Gasteiger partial charge in [0.1, 0.15) is 11.6 Å². The quantitative estimate of drug-likeness (QED) is 0.189. The fourth-order valence-corrected chi connectivity index (χ4v) is 4.55. The van der Waals surface area contributed by atoms with Crippen molar-refractivity contribution in [3.05, 3.63) is 71.4 Å². The van der Waals surface area contributed by atoms with E-state index < -0.39 is 41.7 Å². The van der Waals surface area contributed by atoms with Crippen molar-refractivity contribution in [2.24, 2.45) is 0 Å². The second-order valence-corrected chi connectivity index (χ2v) is 9.78. The molecule has 0 atom stereocenters. The van der Waals surface area contributed by atoms with E-state index in [1.54, 1.807) is 24.3 Å². The molecule has 14 heteroatoms. The Morgan fingerprint density at radius 1 is 0.976 bits per heavy atom. The molecular weight excluding hydrogens is 568 g/mol. The normalized spacial score (nSPS) is 14.4. The lowest BCUT2D eigenvalue weighted by Gasteiger charge is -2.26. The predicted octanol–water partition coefficient (Wildman–Crippen LogP) is 7.20. The molecule has 1 aromatic heterocycles. The molecule has 1 fully saturated rings. The van der Waals surface area contributed by atoms with Crippen molar-refractivity contribution in [1.82, 2.24) is 14.9 Å². The Morgan fingerprint density at radius 2 is 1.67 bits per heavy atom. The standard InChI is InChI=1S/C28H29F6N5O3/c29-27(30,31)20-14-19(15-21(16-20)28(32,33)34)18-39(26(40)41)24-8-9-35-25(37-24)36-22-6-4-7-23(17-22)42-13-5-12-38-10-2-1-3-11-38/h4,6-9,14-17H,1-3,5,10-13,18H2,(H,40,41)(H,35,36,37). The first kappa shape index (κ1) is 30.9. The molecule has 0 unspecified atom stereocenters. The van der Waals surface area contributed by atoms with Gasteiger partial charge in [0.2, 0.25) is 5.95 Å². The van der Waals surface area contributed by atoms with E-state index >= 15 is 0 Å². The van der Waals surface area contributed by atoms with Gasteiger partial charge in [-0.05, 0) is 74.3 Å². The number of likely N-dealkylation sites (tertiary alicyclic amines) is 1. The van der Waals surface area contributed by atoms with Gasteiger partial charge in [-0.2, -0.15) is 31.3 Å². The van der Waals surface area contributed by atoms with Gasteiger partial charge in [-0.3, -0.25) is 4.90 Å². The number of benzene rings is 2. The number of ether oxygens (including phenoxy) is 1. The molecule has 1 amide bonds. The molecule has 2 heterocycles. The van der Waals surface area contributed by atoms with Crippen LogP contribution < -0.4 is 15.0 Å². The maximum Gasteiger partial charge on any atom is 0.416 e. The number of nitrogens with zero attached hydrogens (tertiary/aromatic N) is 4. The molecule has 0 bridgehead atoms. The van der Waals surface area contributed by atoms with Gasteiger partial charge in [-0.25, -0.2) is 9.78 Å². The molecule has 3 aromatic rings. The average Bonchev–Trinajstić information content (AvgIpc) is 2.94. The lowest BCUT2D eigenvalue weighted by molar-refractivity contribution is -0.143. The highest BCUT2D eigenvalue weighted by Crippen LogP contribution is 2.37. The van der Waals surface area contributed by atoms with Gasteiger partial charge in [0.25, 0.3) is 0 Å². The smallest absolute Gasteiger partial charge is 0.416 e. The summed E-state index contributed by atoms with van der Waals surface area (Å²) < 4.78 is 85.5. The molecule has 4 rings (SSSR count). The van der Waals surface area contributed by atoms with Gasteiger partial charge in [0.15, 0.2) is 0 Å². The second-order valence-electron chi connectivity index (χ2n) is 9.78. The minimum Gasteiger partial charge on any atom is -0.493 e. The monoisotopic (exact) mass is 597 g/mol. The lowest BCUT2D eigenvalue weighted by atomic mass is 10.0. The van der Waals surface area contributed by atoms with Gasteiger partial charge in [0.05, 0.1) is 24.3 Å². The maximum atomic E-state index is 13.3. The molecule has 0 saturated carbocycles. The fourth-order valence-electron chi connectivity index (χ4n) is 4.55. The van der Waals surface area contributed by atoms with Crippen LogP contribution in [0.3, 0.4) is 0 Å². The molecule has 42 heavy (non-hydrogen) atoms. The van der Waals surface area contributed by atoms with Crippen LogP contribution in [0, 0.1) is 0 Å². The molecule has 0 spiro atoms. The first-order valence-electron chi connectivity index (χ1n) is 13.2. The topological polar surface area (TPSA) is 90.8 Å². The highest BCUT2D eigenvalue weighted by Gasteiger charge is 2.37. The van der Waals surface area contributed by atoms with Crippen LogP contribution >= 0.6 is 0 Å². The van der Waals surface area contributed by atoms with E-state index in [9.17, 15) is 36.2 Å². The first-order chi connectivity index (χ1) is 19.9. The molecule has 8 nitrogen and oxygen atoms in total. The number of aromatic nitrogens is 2. The van der Waals surface area contributed by atoms with Crippen LogP contribution in [0.5, 0.6) is 5.75 Å². The Labute approximate surface area is 237 Å². The van der Waals surface area contributed by atoms with E-state index in [1.165, 1.54) is 31.5 Å². The number of amides is 1. The Hall–Kier alpha value is -4.07. The van der Waals surface area contributed by atoms with Gasteiger partial charge in [-0.15, -0.1) is 0 Å². The number of carboxylic acid groups (broad SMARTS) is 1. The van der Waals surface area contributed by atoms with E-state index in [0.717, 1.165) is 26.1 Å². The molecular formula is C28H29F6N5O3. The zero-order chi connectivity index (χ0) is 30.3. The Bertz CT molecular complexity index is 1330. The first-order valence-corrected chi connectivity index (χ1v) is 13.2. The van der Waals surface area contributed by atoms with Gasteiger partial charge >= 0.3 is 18.4 Å². The third-order valence-corrected chi connectivity index (χ3v) is 6.56. The van der Waals surface area contributed by atoms with Crippen molar-refractivity contribution in [3.63, 3.8) is 0 Å². The summed E-state index contributed by atoms with van der Waals surface area (Å²) >= 11 is 0. The van der Waals surface area contributed by atoms with E-state index in [4.69, 9.17) is 4.74 Å². The highest BCUT2D eigenvalue weighted by atomic mass is 19.4. The molecule has 1 saturated heterocycles. The highest BCUT2D eigenvalue weighted by molar-refractivity contribution is 5.84. The van der Waals surface area contributed by atoms with Crippen molar-refractivity contribution in [3.8, 4) is 5.75 Å². The molecule has 2 N–H and O–H groups in total. The van der Waals surface area contributed by atoms with Crippen LogP contribution in [-0.4, -0.2) is 52.3 Å². The Morgan fingerprint density at radius 3 is 2.31 bits per heavy atom. The summed E-state index contributed by atoms with van der Waals surface area (Å²) in [7, 11) is 0. The van der Waals surface area contributed by atoms with Crippen molar-refractivity contribution in [1.29, 1.82) is 0 Å². The number of piperidine rings is 1. The van der Waals surface area contributed by atoms with Crippen LogP contribution in [0.1, 0.15) is 42.4 Å². The molecule has 0 aliphatic carbocycles. The average molecular weight is 598 g/mol. The van der Waals surface area contributed by atoms with Crippen molar-refractivity contribution in [2.75, 3.05) is 36.5 Å². The molecule has 0 radical (unpaired) electrons. The minimum atomic E-state index is -5.07. The number of rotatable bonds is 10. The summed E-state index contributed by atoms with van der Waals surface area (Å²) in [5.74, 6) is 0.295. The van der Waals surface area contributed by atoms with Crippen LogP contribution in [0.15, 0.2) is 54.7 Å². The number of carbonyl (C=O) groups is 1. The summed E-state index contributed by atoms with van der Waals surface area (Å²) in [4.78, 5) is 23.1. The van der Waals surface area contributed by atoms with E-state index in [1.807, 2.05) is 0 Å². The van der Waals surface area contributed by atoms with Crippen molar-refractivity contribution < 1.29 is 41.0 Å². The lowest BCUT2D eigenvalue weighted by Crippen LogP contribution is -2.31. The van der Waals surface area contributed by atoms with Crippen LogP contribution in [0.25, 0.3) is 0 Å². The molecule has 1 aliphatic rings. The zero-order valence-electron chi connectivity index (χ0n) is 22.4. The van der Waals surface area contributed by atoms with Gasteiger partial charge < -0.3 is 20.1 Å². The third kappa shape index (κ3) is 8.71. The molecule has 226 valence electrons. The number of hydrogen-bond acceptors (Lipinski definition) is 6. The minimum absolute atomic E-state index is 0.0200. The summed E-state index contributed by atoms with van der Waals surface area (Å²) in [6.45, 7) is 2.86. The fraction of sp³-hybridized carbons (Fsp3) is 0.393. The molecule has 2 aromatic carbocycles. The molecule has 1 aliphatic heterocycles. The van der Waals surface area contributed by atoms with E-state index in [0.29, 0.717) is 35.1 Å². The summed E-state index contributed by atoms with van der Waals surface area (Å²) in [6.07, 6.45) is -5.99. The van der Waals surface area contributed by atoms with Crippen LogP contribution in [-0.2, 0) is 18.9 Å². The number of alkyl halides is 6. The summed E-state index contributed by atoms with van der Waals surface area (Å²) in [5, 5.41) is 12.6. The van der Waals surface area contributed by atoms with Crippen LogP contribution in [0.4, 0.5) is 48.6 Å². The van der Waals surface area contributed by atoms with Gasteiger partial charge in [-0.1, -0.05) is 12.5 Å². The maximum absolute atomic E-state index is 13.3. The Kier molecular flexibility index (Phi) is 9.76. The van der Waals surface area contributed by atoms with Crippen molar-refractivity contribution in [2.45, 2.75) is 44.6 Å². The second kappa shape index (κ2) is 13.3. The number of anilines is 3. The SMILES string of the molecule is O=C(O)N(Cc1cc(C(F)(F)F)cc(C(F)(F)F)c1)c1ccnc(Nc2cccc(OCCCN3CCCCC3)c2)n1. The van der Waals surface area contributed by atoms with Gasteiger partial charge in [0, 0.05) is 24.5 Å². The Balaban J connectivity index is 1.45. The number of hydrogen-bond donors (Lipinski definition) is 2. The predicted molar refractivity (Wildman–Crippen MR) is 143 cm³/mol.